The first kappa shape index (κ1) is 28.3. The minimum Gasteiger partial charge on any atom is -0.458 e. The van der Waals surface area contributed by atoms with Gasteiger partial charge < -0.3 is 9.64 Å². The second-order valence-electron chi connectivity index (χ2n) is 13.6. The molecule has 2 nitrogen and oxygen atoms in total. The lowest BCUT2D eigenvalue weighted by Crippen LogP contribution is -2.59. The van der Waals surface area contributed by atoms with Crippen LogP contribution in [0.4, 0.5) is 17.1 Å². The normalized spacial score (nSPS) is 12.8. The van der Waals surface area contributed by atoms with Gasteiger partial charge in [-0.1, -0.05) is 146 Å². The Morgan fingerprint density at radius 2 is 0.941 bits per heavy atom. The van der Waals surface area contributed by atoms with E-state index in [9.17, 15) is 0 Å². The average Bonchev–Trinajstić information content (AvgIpc) is 3.19. The summed E-state index contributed by atoms with van der Waals surface area (Å²) in [6, 6.07) is 66.1. The van der Waals surface area contributed by atoms with Crippen LogP contribution < -0.4 is 26.0 Å². The van der Waals surface area contributed by atoms with E-state index in [1.807, 2.05) is 0 Å². The Hall–Kier alpha value is -6.58. The number of para-hydroxylation sites is 1. The highest BCUT2D eigenvalue weighted by Gasteiger charge is 2.41. The number of benzene rings is 9. The molecule has 51 heavy (non-hydrogen) atoms. The minimum absolute atomic E-state index is 0.0807. The van der Waals surface area contributed by atoms with E-state index in [1.165, 1.54) is 76.6 Å². The van der Waals surface area contributed by atoms with E-state index in [0.29, 0.717) is 0 Å². The van der Waals surface area contributed by atoms with Gasteiger partial charge in [0.05, 0.1) is 0 Å². The average molecular weight is 648 g/mol. The van der Waals surface area contributed by atoms with Gasteiger partial charge in [-0.15, -0.1) is 0 Å². The molecule has 2 aliphatic rings. The molecule has 0 N–H and O–H groups in total. The number of hydrogen-bond donors (Lipinski definition) is 0. The Kier molecular flexibility index (Phi) is 6.08. The van der Waals surface area contributed by atoms with Gasteiger partial charge in [0.25, 0.3) is 6.71 Å². The van der Waals surface area contributed by atoms with Crippen molar-refractivity contribution >= 4 is 72.5 Å². The zero-order valence-corrected chi connectivity index (χ0v) is 27.8. The summed E-state index contributed by atoms with van der Waals surface area (Å²) in [6.45, 7) is 0.0807. The summed E-state index contributed by atoms with van der Waals surface area (Å²) in [7, 11) is 0. The lowest BCUT2D eigenvalue weighted by molar-refractivity contribution is 0.488. The van der Waals surface area contributed by atoms with Crippen molar-refractivity contribution in [3.05, 3.63) is 182 Å². The summed E-state index contributed by atoms with van der Waals surface area (Å²) in [4.78, 5) is 2.42. The number of rotatable bonds is 3. The highest BCUT2D eigenvalue weighted by Crippen LogP contribution is 2.45. The van der Waals surface area contributed by atoms with Gasteiger partial charge in [-0.05, 0) is 107 Å². The van der Waals surface area contributed by atoms with E-state index in [-0.39, 0.29) is 6.71 Å². The first-order valence-electron chi connectivity index (χ1n) is 17.6. The van der Waals surface area contributed by atoms with Crippen molar-refractivity contribution in [1.82, 2.24) is 0 Å². The molecule has 9 aromatic rings. The number of anilines is 3. The van der Waals surface area contributed by atoms with Crippen LogP contribution in [0.15, 0.2) is 182 Å². The number of hydrogen-bond acceptors (Lipinski definition) is 2. The van der Waals surface area contributed by atoms with Crippen molar-refractivity contribution in [3.8, 4) is 33.8 Å². The van der Waals surface area contributed by atoms with Crippen molar-refractivity contribution in [1.29, 1.82) is 0 Å². The molecule has 0 atom stereocenters. The molecule has 3 heteroatoms. The number of nitrogens with zero attached hydrogens (tertiary/aromatic N) is 1. The molecule has 2 heterocycles. The standard InChI is InChI=1S/C48H30BNO/c1-2-13-31(14-3-1)46-36-17-6-8-19-38(36)47(39-20-9-7-18-37(39)46)32-25-27-35(28-26-32)50-42-22-11-10-21-40(42)49-41-29-33-15-4-5-16-34(33)30-45(41)51-44-24-12-23-43(50)48(44)49/h1-30H. The highest BCUT2D eigenvalue weighted by atomic mass is 16.5. The Labute approximate surface area is 296 Å². The van der Waals surface area contributed by atoms with E-state index in [4.69, 9.17) is 4.74 Å². The maximum Gasteiger partial charge on any atom is 0.256 e. The van der Waals surface area contributed by atoms with Crippen LogP contribution in [0.25, 0.3) is 54.6 Å². The molecular formula is C48H30BNO. The van der Waals surface area contributed by atoms with Gasteiger partial charge in [0.2, 0.25) is 0 Å². The van der Waals surface area contributed by atoms with E-state index in [1.54, 1.807) is 0 Å². The van der Waals surface area contributed by atoms with Gasteiger partial charge in [-0.3, -0.25) is 0 Å². The molecule has 0 amide bonds. The van der Waals surface area contributed by atoms with E-state index in [0.717, 1.165) is 22.9 Å². The maximum absolute atomic E-state index is 6.71. The molecule has 0 fully saturated rings. The smallest absolute Gasteiger partial charge is 0.256 e. The molecule has 11 rings (SSSR count). The molecular weight excluding hydrogens is 617 g/mol. The van der Waals surface area contributed by atoms with E-state index >= 15 is 0 Å². The molecule has 0 saturated carbocycles. The van der Waals surface area contributed by atoms with Crippen LogP contribution in [-0.4, -0.2) is 6.71 Å². The van der Waals surface area contributed by atoms with Crippen molar-refractivity contribution < 1.29 is 4.74 Å². The Bertz CT molecular complexity index is 2790. The summed E-state index contributed by atoms with van der Waals surface area (Å²) >= 11 is 0. The van der Waals surface area contributed by atoms with Crippen molar-refractivity contribution in [3.63, 3.8) is 0 Å². The molecule has 0 radical (unpaired) electrons. The predicted molar refractivity (Wildman–Crippen MR) is 216 cm³/mol. The Morgan fingerprint density at radius 1 is 0.392 bits per heavy atom. The van der Waals surface area contributed by atoms with Gasteiger partial charge >= 0.3 is 0 Å². The van der Waals surface area contributed by atoms with Crippen molar-refractivity contribution in [2.45, 2.75) is 0 Å². The van der Waals surface area contributed by atoms with Crippen LogP contribution in [-0.2, 0) is 0 Å². The second kappa shape index (κ2) is 11.0. The quantitative estimate of drug-likeness (QED) is 0.140. The molecule has 236 valence electrons. The summed E-state index contributed by atoms with van der Waals surface area (Å²) < 4.78 is 6.71. The maximum atomic E-state index is 6.71. The molecule has 0 saturated heterocycles. The van der Waals surface area contributed by atoms with E-state index in [2.05, 4.69) is 187 Å². The first-order chi connectivity index (χ1) is 25.3. The molecule has 0 bridgehead atoms. The molecule has 0 aromatic heterocycles. The summed E-state index contributed by atoms with van der Waals surface area (Å²) in [6.07, 6.45) is 0. The zero-order chi connectivity index (χ0) is 33.5. The van der Waals surface area contributed by atoms with Crippen LogP contribution in [0.3, 0.4) is 0 Å². The minimum atomic E-state index is 0.0807. The van der Waals surface area contributed by atoms with Gasteiger partial charge in [0, 0.05) is 17.1 Å². The van der Waals surface area contributed by atoms with Crippen LogP contribution in [0.1, 0.15) is 0 Å². The zero-order valence-electron chi connectivity index (χ0n) is 27.8. The molecule has 9 aromatic carbocycles. The summed E-state index contributed by atoms with van der Waals surface area (Å²) in [5.74, 6) is 1.86. The predicted octanol–water partition coefficient (Wildman–Crippen LogP) is 10.9. The fourth-order valence-corrected chi connectivity index (χ4v) is 8.73. The second-order valence-corrected chi connectivity index (χ2v) is 13.6. The third-order valence-corrected chi connectivity index (χ3v) is 10.9. The molecule has 2 aliphatic heterocycles. The first-order valence-corrected chi connectivity index (χ1v) is 17.6. The van der Waals surface area contributed by atoms with Crippen molar-refractivity contribution in [2.75, 3.05) is 4.90 Å². The summed E-state index contributed by atoms with van der Waals surface area (Å²) in [5, 5.41) is 7.47. The Morgan fingerprint density at radius 3 is 1.63 bits per heavy atom. The fraction of sp³-hybridized carbons (Fsp3) is 0. The Balaban J connectivity index is 1.09. The third kappa shape index (κ3) is 4.19. The van der Waals surface area contributed by atoms with Gasteiger partial charge in [0.1, 0.15) is 11.5 Å². The lowest BCUT2D eigenvalue weighted by Gasteiger charge is -2.40. The number of fused-ring (bicyclic) bond motifs is 7. The lowest BCUT2D eigenvalue weighted by atomic mass is 9.34. The largest absolute Gasteiger partial charge is 0.458 e. The van der Waals surface area contributed by atoms with Crippen LogP contribution >= 0.6 is 0 Å². The van der Waals surface area contributed by atoms with Gasteiger partial charge in [-0.25, -0.2) is 0 Å². The number of ether oxygens (including phenoxy) is 1. The monoisotopic (exact) mass is 647 g/mol. The molecule has 0 spiro atoms. The van der Waals surface area contributed by atoms with Gasteiger partial charge in [0.15, 0.2) is 0 Å². The van der Waals surface area contributed by atoms with Crippen molar-refractivity contribution in [2.24, 2.45) is 0 Å². The van der Waals surface area contributed by atoms with E-state index < -0.39 is 0 Å². The van der Waals surface area contributed by atoms with Crippen LogP contribution in [0.5, 0.6) is 11.5 Å². The summed E-state index contributed by atoms with van der Waals surface area (Å²) in [5.41, 5.74) is 12.2. The van der Waals surface area contributed by atoms with Gasteiger partial charge in [-0.2, -0.15) is 0 Å². The SMILES string of the molecule is c1ccc(-c2c3ccccc3c(-c3ccc(N4c5ccccc5B5c6cc7ccccc7cc6Oc6cccc4c65)cc3)c3ccccc23)cc1. The fourth-order valence-electron chi connectivity index (χ4n) is 8.73. The molecule has 0 aliphatic carbocycles. The van der Waals surface area contributed by atoms with Crippen LogP contribution in [0, 0.1) is 0 Å². The topological polar surface area (TPSA) is 12.5 Å². The van der Waals surface area contributed by atoms with Crippen LogP contribution in [0.2, 0.25) is 0 Å². The third-order valence-electron chi connectivity index (χ3n) is 10.9. The highest BCUT2D eigenvalue weighted by molar-refractivity contribution is 6.99. The molecule has 0 unspecified atom stereocenters.